The van der Waals surface area contributed by atoms with Crippen LogP contribution in [0.5, 0.6) is 0 Å². The summed E-state index contributed by atoms with van der Waals surface area (Å²) in [5.74, 6) is -0.575. The summed E-state index contributed by atoms with van der Waals surface area (Å²) in [6.07, 6.45) is 0. The molecule has 0 fully saturated rings. The number of nitrogens with zero attached hydrogens (tertiary/aromatic N) is 3. The second kappa shape index (κ2) is 7.91. The van der Waals surface area contributed by atoms with E-state index >= 15 is 0 Å². The minimum atomic E-state index is -3.96. The quantitative estimate of drug-likeness (QED) is 0.646. The average molecular weight is 428 g/mol. The molecule has 0 radical (unpaired) electrons. The number of sulfone groups is 1. The number of nitrogens with one attached hydrogen (secondary N) is 1. The maximum Gasteiger partial charge on any atom is 0.246 e. The first-order valence-electron chi connectivity index (χ1n) is 9.40. The summed E-state index contributed by atoms with van der Waals surface area (Å²) in [5.41, 5.74) is 8.44. The van der Waals surface area contributed by atoms with E-state index in [4.69, 9.17) is 5.73 Å². The maximum atomic E-state index is 13.0. The van der Waals surface area contributed by atoms with Crippen molar-refractivity contribution in [2.24, 2.45) is 0 Å². The van der Waals surface area contributed by atoms with Crippen LogP contribution < -0.4 is 11.1 Å². The van der Waals surface area contributed by atoms with Gasteiger partial charge in [0.05, 0.1) is 4.90 Å². The number of carbonyl (C=O) groups excluding carboxylic acids is 1. The standard InChI is InChI=1S/C21H25N5O3S/c1-14-7-5-6-8-17(14)23-18(27)13-26-19(22)20(24-25-26)30(28,29)16-11-9-15(10-12-16)21(2,3)4/h5-12H,13,22H2,1-4H3,(H,23,27). The molecule has 0 aliphatic heterocycles. The lowest BCUT2D eigenvalue weighted by Gasteiger charge is -2.19. The number of hydrogen-bond acceptors (Lipinski definition) is 6. The van der Waals surface area contributed by atoms with Crippen molar-refractivity contribution in [1.82, 2.24) is 15.0 Å². The summed E-state index contributed by atoms with van der Waals surface area (Å²) >= 11 is 0. The Hall–Kier alpha value is -3.20. The van der Waals surface area contributed by atoms with Gasteiger partial charge in [-0.1, -0.05) is 56.3 Å². The van der Waals surface area contributed by atoms with Crippen LogP contribution in [0.25, 0.3) is 0 Å². The third-order valence-electron chi connectivity index (χ3n) is 4.74. The monoisotopic (exact) mass is 427 g/mol. The minimum absolute atomic E-state index is 0.0682. The zero-order chi connectivity index (χ0) is 22.1. The largest absolute Gasteiger partial charge is 0.381 e. The molecule has 0 saturated carbocycles. The predicted molar refractivity (Wildman–Crippen MR) is 115 cm³/mol. The van der Waals surface area contributed by atoms with Gasteiger partial charge in [0, 0.05) is 5.69 Å². The van der Waals surface area contributed by atoms with E-state index in [2.05, 4.69) is 15.6 Å². The Morgan fingerprint density at radius 1 is 1.10 bits per heavy atom. The van der Waals surface area contributed by atoms with Crippen LogP contribution in [0, 0.1) is 6.92 Å². The lowest BCUT2D eigenvalue weighted by atomic mass is 9.87. The summed E-state index contributed by atoms with van der Waals surface area (Å²) in [6, 6.07) is 13.9. The molecule has 1 heterocycles. The Bertz CT molecular complexity index is 1180. The Kier molecular flexibility index (Phi) is 5.67. The number of aromatic nitrogens is 3. The minimum Gasteiger partial charge on any atom is -0.381 e. The molecule has 158 valence electrons. The summed E-state index contributed by atoms with van der Waals surface area (Å²) in [6.45, 7) is 7.74. The van der Waals surface area contributed by atoms with Gasteiger partial charge in [-0.3, -0.25) is 4.79 Å². The van der Waals surface area contributed by atoms with Crippen LogP contribution in [0.2, 0.25) is 0 Å². The SMILES string of the molecule is Cc1ccccc1NC(=O)Cn1nnc(S(=O)(=O)c2ccc(C(C)(C)C)cc2)c1N. The third kappa shape index (κ3) is 4.35. The topological polar surface area (TPSA) is 120 Å². The van der Waals surface area contributed by atoms with E-state index < -0.39 is 9.84 Å². The highest BCUT2D eigenvalue weighted by Gasteiger charge is 2.27. The van der Waals surface area contributed by atoms with Crippen LogP contribution in [0.4, 0.5) is 11.5 Å². The Balaban J connectivity index is 1.82. The Morgan fingerprint density at radius 2 is 1.73 bits per heavy atom. The van der Waals surface area contributed by atoms with Crippen molar-refractivity contribution < 1.29 is 13.2 Å². The van der Waals surface area contributed by atoms with E-state index in [0.717, 1.165) is 15.8 Å². The van der Waals surface area contributed by atoms with Crippen LogP contribution in [0.15, 0.2) is 58.5 Å². The van der Waals surface area contributed by atoms with E-state index in [1.54, 1.807) is 18.2 Å². The smallest absolute Gasteiger partial charge is 0.246 e. The van der Waals surface area contributed by atoms with Gasteiger partial charge in [0.15, 0.2) is 5.82 Å². The molecule has 8 nitrogen and oxygen atoms in total. The molecule has 0 atom stereocenters. The molecule has 3 N–H and O–H groups in total. The third-order valence-corrected chi connectivity index (χ3v) is 6.43. The van der Waals surface area contributed by atoms with Crippen LogP contribution in [0.1, 0.15) is 31.9 Å². The molecule has 0 saturated heterocycles. The van der Waals surface area contributed by atoms with Gasteiger partial charge in [-0.2, -0.15) is 0 Å². The van der Waals surface area contributed by atoms with E-state index in [-0.39, 0.29) is 33.6 Å². The number of para-hydroxylation sites is 1. The van der Waals surface area contributed by atoms with Crippen molar-refractivity contribution in [3.63, 3.8) is 0 Å². The Morgan fingerprint density at radius 3 is 2.33 bits per heavy atom. The van der Waals surface area contributed by atoms with E-state index in [0.29, 0.717) is 5.69 Å². The van der Waals surface area contributed by atoms with Crippen molar-refractivity contribution >= 4 is 27.2 Å². The highest BCUT2D eigenvalue weighted by molar-refractivity contribution is 7.91. The molecule has 1 amide bonds. The van der Waals surface area contributed by atoms with Gasteiger partial charge in [0.2, 0.25) is 20.8 Å². The van der Waals surface area contributed by atoms with Crippen LogP contribution in [0.3, 0.4) is 0 Å². The molecule has 0 aliphatic carbocycles. The molecule has 1 aromatic heterocycles. The predicted octanol–water partition coefficient (Wildman–Crippen LogP) is 2.94. The number of anilines is 2. The molecular weight excluding hydrogens is 402 g/mol. The van der Waals surface area contributed by atoms with Crippen molar-refractivity contribution in [2.75, 3.05) is 11.1 Å². The van der Waals surface area contributed by atoms with Gasteiger partial charge >= 0.3 is 0 Å². The number of amides is 1. The molecule has 0 bridgehead atoms. The lowest BCUT2D eigenvalue weighted by molar-refractivity contribution is -0.116. The fourth-order valence-electron chi connectivity index (χ4n) is 2.90. The van der Waals surface area contributed by atoms with Gasteiger partial charge in [-0.15, -0.1) is 5.10 Å². The molecule has 3 aromatic rings. The molecule has 9 heteroatoms. The van der Waals surface area contributed by atoms with Gasteiger partial charge in [0.1, 0.15) is 6.54 Å². The number of nitrogens with two attached hydrogens (primary N) is 1. The second-order valence-electron chi connectivity index (χ2n) is 8.08. The first kappa shape index (κ1) is 21.5. The Labute approximate surface area is 176 Å². The fourth-order valence-corrected chi connectivity index (χ4v) is 4.14. The zero-order valence-corrected chi connectivity index (χ0v) is 18.2. The number of carbonyl (C=O) groups is 1. The lowest BCUT2D eigenvalue weighted by Crippen LogP contribution is -2.21. The van der Waals surface area contributed by atoms with Crippen molar-refractivity contribution in [1.29, 1.82) is 0 Å². The number of nitrogen functional groups attached to an aromatic ring is 1. The first-order valence-corrected chi connectivity index (χ1v) is 10.9. The summed E-state index contributed by atoms with van der Waals surface area (Å²) in [5, 5.41) is 9.89. The van der Waals surface area contributed by atoms with Crippen LogP contribution in [-0.2, 0) is 26.6 Å². The molecule has 30 heavy (non-hydrogen) atoms. The van der Waals surface area contributed by atoms with Crippen molar-refractivity contribution in [3.8, 4) is 0 Å². The molecule has 0 spiro atoms. The van der Waals surface area contributed by atoms with Crippen LogP contribution >= 0.6 is 0 Å². The average Bonchev–Trinajstić information content (AvgIpc) is 3.04. The number of benzene rings is 2. The van der Waals surface area contributed by atoms with Gasteiger partial charge < -0.3 is 11.1 Å². The van der Waals surface area contributed by atoms with Crippen molar-refractivity contribution in [2.45, 2.75) is 49.6 Å². The maximum absolute atomic E-state index is 13.0. The highest BCUT2D eigenvalue weighted by Crippen LogP contribution is 2.27. The number of hydrogen-bond donors (Lipinski definition) is 2. The normalized spacial score (nSPS) is 12.0. The molecule has 0 unspecified atom stereocenters. The van der Waals surface area contributed by atoms with Gasteiger partial charge in [0.25, 0.3) is 0 Å². The summed E-state index contributed by atoms with van der Waals surface area (Å²) < 4.78 is 27.0. The number of aryl methyl sites for hydroxylation is 1. The van der Waals surface area contributed by atoms with Crippen LogP contribution in [-0.4, -0.2) is 29.3 Å². The molecule has 2 aromatic carbocycles. The zero-order valence-electron chi connectivity index (χ0n) is 17.4. The summed E-state index contributed by atoms with van der Waals surface area (Å²) in [7, 11) is -3.96. The first-order chi connectivity index (χ1) is 14.0. The van der Waals surface area contributed by atoms with E-state index in [9.17, 15) is 13.2 Å². The second-order valence-corrected chi connectivity index (χ2v) is 9.94. The van der Waals surface area contributed by atoms with E-state index in [1.165, 1.54) is 12.1 Å². The van der Waals surface area contributed by atoms with Gasteiger partial charge in [-0.25, -0.2) is 13.1 Å². The highest BCUT2D eigenvalue weighted by atomic mass is 32.2. The van der Waals surface area contributed by atoms with Crippen molar-refractivity contribution in [3.05, 3.63) is 59.7 Å². The molecule has 3 rings (SSSR count). The molecule has 0 aliphatic rings. The number of rotatable bonds is 5. The molecular formula is C21H25N5O3S. The van der Waals surface area contributed by atoms with E-state index in [1.807, 2.05) is 45.9 Å². The van der Waals surface area contributed by atoms with Gasteiger partial charge in [-0.05, 0) is 41.7 Å². The fraction of sp³-hybridized carbons (Fsp3) is 0.286. The summed E-state index contributed by atoms with van der Waals surface area (Å²) in [4.78, 5) is 12.4.